The van der Waals surface area contributed by atoms with Crippen molar-refractivity contribution in [1.29, 1.82) is 0 Å². The van der Waals surface area contributed by atoms with Crippen LogP contribution < -0.4 is 11.1 Å². The van der Waals surface area contributed by atoms with Gasteiger partial charge in [0.15, 0.2) is 0 Å². The van der Waals surface area contributed by atoms with Gasteiger partial charge in [-0.2, -0.15) is 4.98 Å². The largest absolute Gasteiger partial charge is 0.472 e. The molecule has 1 unspecified atom stereocenters. The summed E-state index contributed by atoms with van der Waals surface area (Å²) in [7, 11) is 0. The van der Waals surface area contributed by atoms with Gasteiger partial charge in [0.1, 0.15) is 6.26 Å². The zero-order valence-electron chi connectivity index (χ0n) is 13.2. The third-order valence-corrected chi connectivity index (χ3v) is 3.37. The zero-order valence-corrected chi connectivity index (χ0v) is 14.0. The standard InChI is InChI=1S/C15H22N4O3.ClH/c1-2-3-4-12(9-16)17-13(20)5-6-14-18-15(19-22-14)11-7-8-21-10-11;/h7-8,10,12H,2-6,9,16H2,1H3,(H,17,20);1H. The number of hydrogen-bond donors (Lipinski definition) is 2. The van der Waals surface area contributed by atoms with Crippen molar-refractivity contribution in [2.45, 2.75) is 45.1 Å². The van der Waals surface area contributed by atoms with Crippen LogP contribution in [0.1, 0.15) is 38.5 Å². The topological polar surface area (TPSA) is 107 Å². The van der Waals surface area contributed by atoms with Gasteiger partial charge >= 0.3 is 0 Å². The van der Waals surface area contributed by atoms with Gasteiger partial charge in [-0.1, -0.05) is 24.9 Å². The lowest BCUT2D eigenvalue weighted by Gasteiger charge is -2.15. The molecule has 1 amide bonds. The van der Waals surface area contributed by atoms with Gasteiger partial charge in [0.2, 0.25) is 17.6 Å². The second-order valence-electron chi connectivity index (χ2n) is 5.17. The van der Waals surface area contributed by atoms with Gasteiger partial charge in [0, 0.05) is 25.4 Å². The molecule has 2 rings (SSSR count). The number of unbranched alkanes of at least 4 members (excludes halogenated alkanes) is 1. The molecular formula is C15H23ClN4O3. The molecule has 0 radical (unpaired) electrons. The van der Waals surface area contributed by atoms with Crippen molar-refractivity contribution in [2.75, 3.05) is 6.54 Å². The van der Waals surface area contributed by atoms with Crippen molar-refractivity contribution in [1.82, 2.24) is 15.5 Å². The molecule has 23 heavy (non-hydrogen) atoms. The predicted octanol–water partition coefficient (Wildman–Crippen LogP) is 2.32. The molecule has 0 aliphatic rings. The predicted molar refractivity (Wildman–Crippen MR) is 88.1 cm³/mol. The lowest BCUT2D eigenvalue weighted by Crippen LogP contribution is -2.40. The number of nitrogens with zero attached hydrogens (tertiary/aromatic N) is 2. The van der Waals surface area contributed by atoms with E-state index >= 15 is 0 Å². The van der Waals surface area contributed by atoms with Crippen molar-refractivity contribution in [2.24, 2.45) is 5.73 Å². The molecule has 0 saturated heterocycles. The molecule has 0 spiro atoms. The van der Waals surface area contributed by atoms with Crippen LogP contribution in [0.3, 0.4) is 0 Å². The Morgan fingerprint density at radius 3 is 2.96 bits per heavy atom. The summed E-state index contributed by atoms with van der Waals surface area (Å²) in [6, 6.07) is 1.79. The summed E-state index contributed by atoms with van der Waals surface area (Å²) >= 11 is 0. The van der Waals surface area contributed by atoms with Crippen molar-refractivity contribution in [3.63, 3.8) is 0 Å². The number of halogens is 1. The fourth-order valence-electron chi connectivity index (χ4n) is 2.09. The smallest absolute Gasteiger partial charge is 0.227 e. The summed E-state index contributed by atoms with van der Waals surface area (Å²) in [6.07, 6.45) is 6.84. The summed E-state index contributed by atoms with van der Waals surface area (Å²) in [4.78, 5) is 16.1. The SMILES string of the molecule is CCCCC(CN)NC(=O)CCc1nc(-c2ccoc2)no1.Cl. The third kappa shape index (κ3) is 6.03. The van der Waals surface area contributed by atoms with Crippen LogP contribution in [-0.2, 0) is 11.2 Å². The monoisotopic (exact) mass is 342 g/mol. The third-order valence-electron chi connectivity index (χ3n) is 3.37. The Morgan fingerprint density at radius 2 is 2.30 bits per heavy atom. The molecular weight excluding hydrogens is 320 g/mol. The summed E-state index contributed by atoms with van der Waals surface area (Å²) < 4.78 is 10.1. The highest BCUT2D eigenvalue weighted by atomic mass is 35.5. The summed E-state index contributed by atoms with van der Waals surface area (Å²) in [5, 5.41) is 6.79. The van der Waals surface area contributed by atoms with Gasteiger partial charge in [-0.3, -0.25) is 4.79 Å². The number of hydrogen-bond acceptors (Lipinski definition) is 6. The second kappa shape index (κ2) is 10.0. The van der Waals surface area contributed by atoms with Crippen LogP contribution in [0.2, 0.25) is 0 Å². The highest BCUT2D eigenvalue weighted by molar-refractivity contribution is 5.85. The number of nitrogens with one attached hydrogen (secondary N) is 1. The van der Waals surface area contributed by atoms with Gasteiger partial charge in [0.05, 0.1) is 11.8 Å². The van der Waals surface area contributed by atoms with E-state index in [1.165, 1.54) is 0 Å². The number of aryl methyl sites for hydroxylation is 1. The molecule has 0 aliphatic carbocycles. The van der Waals surface area contributed by atoms with Crippen molar-refractivity contribution >= 4 is 18.3 Å². The average molecular weight is 343 g/mol. The van der Waals surface area contributed by atoms with E-state index in [0.717, 1.165) is 24.8 Å². The molecule has 3 N–H and O–H groups in total. The molecule has 1 atom stereocenters. The Kier molecular flexibility index (Phi) is 8.36. The number of amides is 1. The highest BCUT2D eigenvalue weighted by Crippen LogP contribution is 2.16. The van der Waals surface area contributed by atoms with E-state index in [0.29, 0.717) is 31.1 Å². The van der Waals surface area contributed by atoms with Crippen LogP contribution in [0.15, 0.2) is 27.5 Å². The van der Waals surface area contributed by atoms with Gasteiger partial charge in [-0.25, -0.2) is 0 Å². The zero-order chi connectivity index (χ0) is 15.8. The number of carbonyl (C=O) groups is 1. The van der Waals surface area contributed by atoms with E-state index in [4.69, 9.17) is 14.7 Å². The first-order chi connectivity index (χ1) is 10.7. The number of nitrogens with two attached hydrogens (primary N) is 1. The van der Waals surface area contributed by atoms with Gasteiger partial charge < -0.3 is 20.0 Å². The molecule has 0 saturated carbocycles. The molecule has 2 heterocycles. The van der Waals surface area contributed by atoms with Crippen molar-refractivity contribution < 1.29 is 13.7 Å². The Hall–Kier alpha value is -1.86. The Labute approximate surface area is 141 Å². The van der Waals surface area contributed by atoms with Gasteiger partial charge in [0.25, 0.3) is 0 Å². The Balaban J connectivity index is 0.00000264. The van der Waals surface area contributed by atoms with Crippen molar-refractivity contribution in [3.05, 3.63) is 24.5 Å². The maximum atomic E-state index is 11.9. The number of carbonyl (C=O) groups excluding carboxylic acids is 1. The first-order valence-corrected chi connectivity index (χ1v) is 7.57. The maximum absolute atomic E-state index is 11.9. The lowest BCUT2D eigenvalue weighted by molar-refractivity contribution is -0.121. The summed E-state index contributed by atoms with van der Waals surface area (Å²) in [5.74, 6) is 0.853. The lowest BCUT2D eigenvalue weighted by atomic mass is 10.1. The minimum atomic E-state index is -0.0467. The van der Waals surface area contributed by atoms with E-state index in [1.807, 2.05) is 0 Å². The molecule has 0 fully saturated rings. The Bertz CT molecular complexity index is 571. The van der Waals surface area contributed by atoms with Crippen LogP contribution in [0, 0.1) is 0 Å². The molecule has 128 valence electrons. The molecule has 8 heteroatoms. The summed E-state index contributed by atoms with van der Waals surface area (Å²) in [6.45, 7) is 2.57. The van der Waals surface area contributed by atoms with Crippen molar-refractivity contribution in [3.8, 4) is 11.4 Å². The number of rotatable bonds is 9. The normalized spacial score (nSPS) is 11.7. The fraction of sp³-hybridized carbons (Fsp3) is 0.533. The first-order valence-electron chi connectivity index (χ1n) is 7.57. The van der Waals surface area contributed by atoms with Crippen LogP contribution in [0.4, 0.5) is 0 Å². The van der Waals surface area contributed by atoms with E-state index in [-0.39, 0.29) is 24.4 Å². The minimum Gasteiger partial charge on any atom is -0.472 e. The quantitative estimate of drug-likeness (QED) is 0.724. The molecule has 2 aromatic rings. The van der Waals surface area contributed by atoms with Crippen LogP contribution in [0.25, 0.3) is 11.4 Å². The van der Waals surface area contributed by atoms with E-state index in [1.54, 1.807) is 18.6 Å². The molecule has 0 aliphatic heterocycles. The highest BCUT2D eigenvalue weighted by Gasteiger charge is 2.13. The Morgan fingerprint density at radius 1 is 1.48 bits per heavy atom. The van der Waals surface area contributed by atoms with Gasteiger partial charge in [-0.15, -0.1) is 12.4 Å². The molecule has 0 bridgehead atoms. The fourth-order valence-corrected chi connectivity index (χ4v) is 2.09. The molecule has 7 nitrogen and oxygen atoms in total. The summed E-state index contributed by atoms with van der Waals surface area (Å²) in [5.41, 5.74) is 6.41. The van der Waals surface area contributed by atoms with E-state index < -0.39 is 0 Å². The van der Waals surface area contributed by atoms with Crippen LogP contribution >= 0.6 is 12.4 Å². The average Bonchev–Trinajstić information content (AvgIpc) is 3.19. The van der Waals surface area contributed by atoms with Crippen LogP contribution in [0.5, 0.6) is 0 Å². The van der Waals surface area contributed by atoms with Crippen LogP contribution in [-0.4, -0.2) is 28.6 Å². The second-order valence-corrected chi connectivity index (χ2v) is 5.17. The maximum Gasteiger partial charge on any atom is 0.227 e. The van der Waals surface area contributed by atoms with E-state index in [9.17, 15) is 4.79 Å². The first kappa shape index (κ1) is 19.2. The molecule has 2 aromatic heterocycles. The van der Waals surface area contributed by atoms with E-state index in [2.05, 4.69) is 22.4 Å². The van der Waals surface area contributed by atoms with Gasteiger partial charge in [-0.05, 0) is 12.5 Å². The number of furan rings is 1. The molecule has 0 aromatic carbocycles. The number of aromatic nitrogens is 2. The minimum absolute atomic E-state index is 0.